The second-order valence-electron chi connectivity index (χ2n) is 10.3. The first-order valence-corrected chi connectivity index (χ1v) is 12.4. The smallest absolute Gasteiger partial charge is 0.0853 e. The van der Waals surface area contributed by atoms with Gasteiger partial charge < -0.3 is 10.4 Å². The Morgan fingerprint density at radius 2 is 1.62 bits per heavy atom. The summed E-state index contributed by atoms with van der Waals surface area (Å²) in [6, 6.07) is 10.1. The average molecular weight is 396 g/mol. The molecule has 0 bridgehead atoms. The Balaban J connectivity index is 1.39. The number of aryl methyl sites for hydroxylation is 1. The van der Waals surface area contributed by atoms with Gasteiger partial charge in [-0.1, -0.05) is 62.9 Å². The maximum Gasteiger partial charge on any atom is 0.0853 e. The lowest BCUT2D eigenvalue weighted by atomic mass is 9.73. The largest absolute Gasteiger partial charge is 0.513 e. The molecule has 0 unspecified atom stereocenters. The Morgan fingerprint density at radius 3 is 2.31 bits per heavy atom. The highest BCUT2D eigenvalue weighted by Crippen LogP contribution is 2.39. The van der Waals surface area contributed by atoms with Crippen LogP contribution in [0.1, 0.15) is 94.1 Å². The van der Waals surface area contributed by atoms with E-state index in [0.717, 1.165) is 18.3 Å². The highest BCUT2D eigenvalue weighted by molar-refractivity contribution is 5.27. The van der Waals surface area contributed by atoms with Crippen LogP contribution in [0, 0.1) is 17.8 Å². The van der Waals surface area contributed by atoms with E-state index in [2.05, 4.69) is 36.2 Å². The van der Waals surface area contributed by atoms with Crippen molar-refractivity contribution in [2.75, 3.05) is 6.54 Å². The van der Waals surface area contributed by atoms with E-state index in [1.165, 1.54) is 94.7 Å². The minimum atomic E-state index is 0.359. The van der Waals surface area contributed by atoms with E-state index in [-0.39, 0.29) is 0 Å². The maximum absolute atomic E-state index is 9.74. The van der Waals surface area contributed by atoms with Crippen molar-refractivity contribution >= 4 is 0 Å². The van der Waals surface area contributed by atoms with E-state index in [1.807, 2.05) is 0 Å². The van der Waals surface area contributed by atoms with Gasteiger partial charge in [-0.2, -0.15) is 0 Å². The summed E-state index contributed by atoms with van der Waals surface area (Å²) in [5.74, 6) is 3.38. The van der Waals surface area contributed by atoms with E-state index in [0.29, 0.717) is 23.6 Å². The molecule has 3 atom stereocenters. The molecule has 4 rings (SSSR count). The molecule has 0 radical (unpaired) electrons. The van der Waals surface area contributed by atoms with E-state index in [9.17, 15) is 5.11 Å². The highest BCUT2D eigenvalue weighted by Gasteiger charge is 2.32. The van der Waals surface area contributed by atoms with E-state index in [4.69, 9.17) is 0 Å². The SMILES string of the molecule is C=C(O)C[C@@H]1CC[C@@H](NCC2CCCCC2)[C@H](c2ccc(CCC3CC3)cc2)C1. The first kappa shape index (κ1) is 21.0. The number of allylic oxidation sites excluding steroid dienone is 1. The molecule has 3 aliphatic carbocycles. The lowest BCUT2D eigenvalue weighted by Crippen LogP contribution is -2.42. The number of hydrogen-bond donors (Lipinski definition) is 2. The van der Waals surface area contributed by atoms with Gasteiger partial charge in [0.25, 0.3) is 0 Å². The van der Waals surface area contributed by atoms with Crippen LogP contribution >= 0.6 is 0 Å². The highest BCUT2D eigenvalue weighted by atomic mass is 16.3. The Labute approximate surface area is 178 Å². The third-order valence-electron chi connectivity index (χ3n) is 7.82. The first-order chi connectivity index (χ1) is 14.2. The van der Waals surface area contributed by atoms with Gasteiger partial charge in [-0.25, -0.2) is 0 Å². The molecule has 2 heteroatoms. The molecular weight excluding hydrogens is 354 g/mol. The van der Waals surface area contributed by atoms with Crippen molar-refractivity contribution in [3.05, 3.63) is 47.7 Å². The summed E-state index contributed by atoms with van der Waals surface area (Å²) < 4.78 is 0. The maximum atomic E-state index is 9.74. The molecule has 2 nitrogen and oxygen atoms in total. The van der Waals surface area contributed by atoms with Crippen molar-refractivity contribution in [1.29, 1.82) is 0 Å². The van der Waals surface area contributed by atoms with Crippen molar-refractivity contribution in [2.24, 2.45) is 17.8 Å². The normalized spacial score (nSPS) is 28.3. The number of aliphatic hydroxyl groups excluding tert-OH is 1. The van der Waals surface area contributed by atoms with Gasteiger partial charge in [0.05, 0.1) is 5.76 Å². The van der Waals surface area contributed by atoms with Crippen molar-refractivity contribution < 1.29 is 5.11 Å². The van der Waals surface area contributed by atoms with Crippen LogP contribution in [0.15, 0.2) is 36.6 Å². The summed E-state index contributed by atoms with van der Waals surface area (Å²) in [4.78, 5) is 0. The van der Waals surface area contributed by atoms with Crippen LogP contribution in [0.5, 0.6) is 0 Å². The Kier molecular flexibility index (Phi) is 7.34. The first-order valence-electron chi connectivity index (χ1n) is 12.4. The molecule has 0 saturated heterocycles. The number of nitrogens with one attached hydrogen (secondary N) is 1. The fourth-order valence-electron chi connectivity index (χ4n) is 5.81. The van der Waals surface area contributed by atoms with E-state index < -0.39 is 0 Å². The molecule has 0 aromatic heterocycles. The van der Waals surface area contributed by atoms with Gasteiger partial charge in [0.2, 0.25) is 0 Å². The molecule has 3 saturated carbocycles. The molecule has 0 spiro atoms. The summed E-state index contributed by atoms with van der Waals surface area (Å²) in [5, 5.41) is 13.7. The van der Waals surface area contributed by atoms with Crippen molar-refractivity contribution in [1.82, 2.24) is 5.32 Å². The predicted molar refractivity (Wildman–Crippen MR) is 122 cm³/mol. The minimum absolute atomic E-state index is 0.359. The summed E-state index contributed by atoms with van der Waals surface area (Å²) in [6.07, 6.45) is 17.0. The molecule has 29 heavy (non-hydrogen) atoms. The van der Waals surface area contributed by atoms with Gasteiger partial charge >= 0.3 is 0 Å². The van der Waals surface area contributed by atoms with Crippen LogP contribution in [0.4, 0.5) is 0 Å². The molecule has 1 aromatic carbocycles. The predicted octanol–water partition coefficient (Wildman–Crippen LogP) is 6.91. The van der Waals surface area contributed by atoms with Gasteiger partial charge in [0.1, 0.15) is 0 Å². The molecule has 2 N–H and O–H groups in total. The van der Waals surface area contributed by atoms with Gasteiger partial charge in [-0.15, -0.1) is 0 Å². The third-order valence-corrected chi connectivity index (χ3v) is 7.82. The molecule has 0 aliphatic heterocycles. The number of rotatable bonds is 9. The zero-order valence-corrected chi connectivity index (χ0v) is 18.2. The Morgan fingerprint density at radius 1 is 0.897 bits per heavy atom. The van der Waals surface area contributed by atoms with Gasteiger partial charge in [0, 0.05) is 12.5 Å². The molecule has 0 heterocycles. The molecule has 3 aliphatic rings. The van der Waals surface area contributed by atoms with Crippen LogP contribution in [-0.4, -0.2) is 17.7 Å². The summed E-state index contributed by atoms with van der Waals surface area (Å²) in [6.45, 7) is 4.95. The van der Waals surface area contributed by atoms with Gasteiger partial charge in [-0.05, 0) is 86.3 Å². The summed E-state index contributed by atoms with van der Waals surface area (Å²) in [7, 11) is 0. The van der Waals surface area contributed by atoms with Crippen molar-refractivity contribution in [3.8, 4) is 0 Å². The van der Waals surface area contributed by atoms with Crippen LogP contribution in [0.25, 0.3) is 0 Å². The van der Waals surface area contributed by atoms with Crippen LogP contribution in [0.2, 0.25) is 0 Å². The number of hydrogen-bond acceptors (Lipinski definition) is 2. The summed E-state index contributed by atoms with van der Waals surface area (Å²) >= 11 is 0. The van der Waals surface area contributed by atoms with Gasteiger partial charge in [-0.3, -0.25) is 0 Å². The number of benzene rings is 1. The van der Waals surface area contributed by atoms with Crippen LogP contribution in [-0.2, 0) is 6.42 Å². The lowest BCUT2D eigenvalue weighted by Gasteiger charge is -2.38. The second-order valence-corrected chi connectivity index (χ2v) is 10.3. The molecule has 160 valence electrons. The lowest BCUT2D eigenvalue weighted by molar-refractivity contribution is 0.222. The minimum Gasteiger partial charge on any atom is -0.513 e. The monoisotopic (exact) mass is 395 g/mol. The van der Waals surface area contributed by atoms with Crippen LogP contribution < -0.4 is 5.32 Å². The molecule has 3 fully saturated rings. The van der Waals surface area contributed by atoms with Crippen molar-refractivity contribution in [2.45, 2.75) is 95.4 Å². The summed E-state index contributed by atoms with van der Waals surface area (Å²) in [5.41, 5.74) is 3.00. The fraction of sp³-hybridized carbons (Fsp3) is 0.704. The second kappa shape index (κ2) is 10.2. The van der Waals surface area contributed by atoms with E-state index >= 15 is 0 Å². The average Bonchev–Trinajstić information content (AvgIpc) is 3.57. The molecule has 0 amide bonds. The molecule has 1 aromatic rings. The standard InChI is InChI=1S/C27H41NO/c1-20(29)17-24-13-16-27(28-19-23-5-3-2-4-6-23)26(18-24)25-14-11-22(12-15-25)10-9-21-7-8-21/h11-12,14-15,21,23-24,26-29H,1-10,13,16-19H2/t24-,26-,27+/m0/s1. The zero-order valence-electron chi connectivity index (χ0n) is 18.2. The van der Waals surface area contributed by atoms with E-state index in [1.54, 1.807) is 0 Å². The third kappa shape index (κ3) is 6.35. The van der Waals surface area contributed by atoms with Gasteiger partial charge in [0.15, 0.2) is 0 Å². The Hall–Kier alpha value is -1.28. The quantitative estimate of drug-likeness (QED) is 0.445. The van der Waals surface area contributed by atoms with Crippen LogP contribution in [0.3, 0.4) is 0 Å². The zero-order chi connectivity index (χ0) is 20.1. The number of aliphatic hydroxyl groups is 1. The fourth-order valence-corrected chi connectivity index (χ4v) is 5.81. The Bertz CT molecular complexity index is 641. The molecular formula is C27H41NO. The van der Waals surface area contributed by atoms with Crippen molar-refractivity contribution in [3.63, 3.8) is 0 Å². The topological polar surface area (TPSA) is 32.3 Å².